The number of anilines is 4. The first-order valence-corrected chi connectivity index (χ1v) is 17.3. The van der Waals surface area contributed by atoms with E-state index in [0.29, 0.717) is 23.6 Å². The third-order valence-electron chi connectivity index (χ3n) is 8.58. The van der Waals surface area contributed by atoms with Gasteiger partial charge in [0.05, 0.1) is 28.9 Å². The minimum absolute atomic E-state index is 0.0494. The summed E-state index contributed by atoms with van der Waals surface area (Å²) in [5.41, 5.74) is 3.66. The lowest BCUT2D eigenvalue weighted by atomic mass is 9.79. The minimum atomic E-state index is -3.63. The van der Waals surface area contributed by atoms with Gasteiger partial charge in [-0.1, -0.05) is 25.4 Å². The zero-order valence-corrected chi connectivity index (χ0v) is 27.6. The van der Waals surface area contributed by atoms with Crippen molar-refractivity contribution in [2.45, 2.75) is 101 Å². The number of hydrogen-bond acceptors (Lipinski definition) is 9. The highest BCUT2D eigenvalue weighted by Crippen LogP contribution is 2.42. The van der Waals surface area contributed by atoms with Crippen molar-refractivity contribution >= 4 is 44.6 Å². The molecule has 2 heterocycles. The molecule has 0 bridgehead atoms. The second-order valence-corrected chi connectivity index (χ2v) is 14.8. The van der Waals surface area contributed by atoms with Gasteiger partial charge in [0, 0.05) is 19.3 Å². The van der Waals surface area contributed by atoms with Crippen LogP contribution in [0.3, 0.4) is 0 Å². The molecule has 2 aliphatic carbocycles. The van der Waals surface area contributed by atoms with Gasteiger partial charge >= 0.3 is 0 Å². The number of aromatic nitrogens is 4. The molecule has 2 saturated carbocycles. The van der Waals surface area contributed by atoms with Crippen LogP contribution in [0, 0.1) is 6.92 Å². The van der Waals surface area contributed by atoms with Gasteiger partial charge in [-0.2, -0.15) is 10.1 Å². The van der Waals surface area contributed by atoms with Crippen LogP contribution in [0.5, 0.6) is 5.75 Å². The van der Waals surface area contributed by atoms with E-state index in [1.54, 1.807) is 27.1 Å². The van der Waals surface area contributed by atoms with Crippen LogP contribution in [0.2, 0.25) is 5.02 Å². The molecule has 0 amide bonds. The molecule has 2 aliphatic rings. The van der Waals surface area contributed by atoms with Gasteiger partial charge in [-0.25, -0.2) is 13.4 Å². The smallest absolute Gasteiger partial charge is 0.229 e. The highest BCUT2D eigenvalue weighted by atomic mass is 35.5. The lowest BCUT2D eigenvalue weighted by molar-refractivity contribution is 0.163. The lowest BCUT2D eigenvalue weighted by Crippen LogP contribution is -2.37. The number of hydrogen-bond donors (Lipinski definition) is 2. The number of rotatable bonds is 12. The third kappa shape index (κ3) is 7.10. The summed E-state index contributed by atoms with van der Waals surface area (Å²) in [7, 11) is -1.96. The van der Waals surface area contributed by atoms with Crippen LogP contribution in [-0.4, -0.2) is 63.6 Å². The summed E-state index contributed by atoms with van der Waals surface area (Å²) in [6.07, 6.45) is 10.2. The Bertz CT molecular complexity index is 1540. The Balaban J connectivity index is 1.39. The predicted molar refractivity (Wildman–Crippen MR) is 172 cm³/mol. The van der Waals surface area contributed by atoms with Gasteiger partial charge in [0.1, 0.15) is 10.8 Å². The average Bonchev–Trinajstić information content (AvgIpc) is 3.71. The Morgan fingerprint density at radius 2 is 1.77 bits per heavy atom. The largest absolute Gasteiger partial charge is 0.488 e. The van der Waals surface area contributed by atoms with Gasteiger partial charge in [-0.15, -0.1) is 0 Å². The van der Waals surface area contributed by atoms with Crippen LogP contribution in [0.4, 0.5) is 23.1 Å². The average molecular weight is 630 g/mol. The van der Waals surface area contributed by atoms with E-state index < -0.39 is 15.1 Å². The molecule has 10 nitrogen and oxygen atoms in total. The van der Waals surface area contributed by atoms with Crippen LogP contribution in [0.15, 0.2) is 29.6 Å². The number of ether oxygens (including phenoxy) is 1. The first-order chi connectivity index (χ1) is 20.5. The van der Waals surface area contributed by atoms with E-state index >= 15 is 0 Å². The maximum absolute atomic E-state index is 12.9. The monoisotopic (exact) mass is 629 g/mol. The van der Waals surface area contributed by atoms with E-state index in [9.17, 15) is 8.42 Å². The molecule has 2 N–H and O–H groups in total. The first kappa shape index (κ1) is 31.5. The zero-order valence-electron chi connectivity index (χ0n) is 26.0. The summed E-state index contributed by atoms with van der Waals surface area (Å²) >= 11 is 6.45. The number of halogens is 1. The van der Waals surface area contributed by atoms with Gasteiger partial charge in [0.2, 0.25) is 20.8 Å². The summed E-state index contributed by atoms with van der Waals surface area (Å²) in [6.45, 7) is 12.1. The normalized spacial score (nSPS) is 19.2. The van der Waals surface area contributed by atoms with Crippen LogP contribution in [0.1, 0.15) is 83.3 Å². The van der Waals surface area contributed by atoms with Crippen LogP contribution in [0.25, 0.3) is 0 Å². The zero-order chi connectivity index (χ0) is 30.9. The summed E-state index contributed by atoms with van der Waals surface area (Å²) in [5.74, 6) is 1.91. The molecule has 43 heavy (non-hydrogen) atoms. The van der Waals surface area contributed by atoms with E-state index in [2.05, 4.69) is 63.5 Å². The minimum Gasteiger partial charge on any atom is -0.488 e. The molecule has 0 unspecified atom stereocenters. The third-order valence-corrected chi connectivity index (χ3v) is 10.9. The molecule has 0 atom stereocenters. The van der Waals surface area contributed by atoms with E-state index in [-0.39, 0.29) is 22.0 Å². The Labute approximate surface area is 260 Å². The fraction of sp³-hybridized carbons (Fsp3) is 0.581. The summed E-state index contributed by atoms with van der Waals surface area (Å²) < 4.78 is 33.7. The molecular weight excluding hydrogens is 586 g/mol. The molecule has 234 valence electrons. The fourth-order valence-corrected chi connectivity index (χ4v) is 7.18. The van der Waals surface area contributed by atoms with Crippen molar-refractivity contribution in [2.24, 2.45) is 7.05 Å². The molecule has 0 aliphatic heterocycles. The number of benzene rings is 1. The van der Waals surface area contributed by atoms with Crippen molar-refractivity contribution in [1.82, 2.24) is 24.6 Å². The molecule has 2 aromatic heterocycles. The highest BCUT2D eigenvalue weighted by molar-refractivity contribution is 7.92. The molecule has 0 saturated heterocycles. The predicted octanol–water partition coefficient (Wildman–Crippen LogP) is 6.75. The molecule has 1 aromatic carbocycles. The van der Waals surface area contributed by atoms with Crippen molar-refractivity contribution < 1.29 is 13.2 Å². The van der Waals surface area contributed by atoms with Gasteiger partial charge in [-0.05, 0) is 102 Å². The van der Waals surface area contributed by atoms with E-state index in [4.69, 9.17) is 16.3 Å². The van der Waals surface area contributed by atoms with Gasteiger partial charge in [-0.3, -0.25) is 4.68 Å². The van der Waals surface area contributed by atoms with E-state index in [0.717, 1.165) is 37.4 Å². The molecule has 0 radical (unpaired) electrons. The number of aryl methyl sites for hydroxylation is 2. The Hall–Kier alpha value is -2.89. The van der Waals surface area contributed by atoms with Crippen molar-refractivity contribution in [3.63, 3.8) is 0 Å². The summed E-state index contributed by atoms with van der Waals surface area (Å²) in [6, 6.07) is 5.02. The van der Waals surface area contributed by atoms with E-state index in [1.165, 1.54) is 47.7 Å². The fourth-order valence-electron chi connectivity index (χ4n) is 5.95. The van der Waals surface area contributed by atoms with Crippen molar-refractivity contribution in [1.29, 1.82) is 0 Å². The SMILES string of the molecule is CCN(CC)C1CCC(c2cc(OC3CC3)c(Nc3ncc(Cl)c(Nc4cn(C)nc4S(=O)(=O)C(C)C)n3)cc2C)CC1. The first-order valence-electron chi connectivity index (χ1n) is 15.4. The highest BCUT2D eigenvalue weighted by Gasteiger charge is 2.30. The second kappa shape index (κ2) is 13.0. The van der Waals surface area contributed by atoms with Gasteiger partial charge in [0.25, 0.3) is 0 Å². The maximum atomic E-state index is 12.9. The maximum Gasteiger partial charge on any atom is 0.229 e. The molecule has 12 heteroatoms. The van der Waals surface area contributed by atoms with Crippen molar-refractivity contribution in [2.75, 3.05) is 23.7 Å². The number of nitrogens with one attached hydrogen (secondary N) is 2. The van der Waals surface area contributed by atoms with Crippen molar-refractivity contribution in [3.8, 4) is 5.75 Å². The Morgan fingerprint density at radius 3 is 2.40 bits per heavy atom. The molecule has 0 spiro atoms. The Kier molecular flexibility index (Phi) is 9.53. The quantitative estimate of drug-likeness (QED) is 0.224. The summed E-state index contributed by atoms with van der Waals surface area (Å²) in [5, 5.41) is 10.2. The molecule has 5 rings (SSSR count). The van der Waals surface area contributed by atoms with Crippen LogP contribution < -0.4 is 15.4 Å². The molecule has 3 aromatic rings. The Morgan fingerprint density at radius 1 is 1.07 bits per heavy atom. The van der Waals surface area contributed by atoms with Crippen molar-refractivity contribution in [3.05, 3.63) is 40.7 Å². The number of sulfone groups is 1. The van der Waals surface area contributed by atoms with E-state index in [1.807, 2.05) is 0 Å². The van der Waals surface area contributed by atoms with Crippen LogP contribution in [-0.2, 0) is 16.9 Å². The molecular formula is C31H44ClN7O3S. The summed E-state index contributed by atoms with van der Waals surface area (Å²) in [4.78, 5) is 11.6. The van der Waals surface area contributed by atoms with Crippen LogP contribution >= 0.6 is 11.6 Å². The standard InChI is InChI=1S/C31H44ClN7O3S/c1-7-39(8-2)22-11-9-21(10-12-22)24-16-28(42-23-13-14-23)26(15-20(24)5)35-31-33-17-25(32)29(36-31)34-27-18-38(6)37-30(27)43(40,41)19(3)4/h15-19,21-23H,7-14H2,1-6H3,(H2,33,34,35,36). The molecule has 2 fully saturated rings. The van der Waals surface area contributed by atoms with Gasteiger partial charge in [0.15, 0.2) is 5.82 Å². The second-order valence-electron chi connectivity index (χ2n) is 12.0. The lowest BCUT2D eigenvalue weighted by Gasteiger charge is -2.36. The van der Waals surface area contributed by atoms with Gasteiger partial charge < -0.3 is 20.3 Å². The topological polar surface area (TPSA) is 114 Å². The number of nitrogens with zero attached hydrogens (tertiary/aromatic N) is 5.